The van der Waals surface area contributed by atoms with E-state index in [1.165, 1.54) is 18.2 Å². The number of amides is 1. The van der Waals surface area contributed by atoms with Gasteiger partial charge in [-0.25, -0.2) is 0 Å². The summed E-state index contributed by atoms with van der Waals surface area (Å²) in [7, 11) is 0. The normalized spacial score (nSPS) is 21.1. The molecule has 1 fully saturated rings. The van der Waals surface area contributed by atoms with E-state index < -0.39 is 23.8 Å². The van der Waals surface area contributed by atoms with Crippen LogP contribution >= 0.6 is 0 Å². The second-order valence-electron chi connectivity index (χ2n) is 6.14. The first kappa shape index (κ1) is 17.5. The smallest absolute Gasteiger partial charge is 0.393 e. The minimum atomic E-state index is -4.41. The van der Waals surface area contributed by atoms with Crippen LogP contribution in [0.1, 0.15) is 41.7 Å². The summed E-state index contributed by atoms with van der Waals surface area (Å²) in [6.45, 7) is 0. The first-order chi connectivity index (χ1) is 11.8. The molecule has 8 heteroatoms. The Morgan fingerprint density at radius 2 is 1.96 bits per heavy atom. The second kappa shape index (κ2) is 6.87. The molecule has 25 heavy (non-hydrogen) atoms. The van der Waals surface area contributed by atoms with Gasteiger partial charge in [0.25, 0.3) is 5.91 Å². The van der Waals surface area contributed by atoms with Gasteiger partial charge in [0, 0.05) is 17.7 Å². The maximum Gasteiger partial charge on any atom is 0.416 e. The van der Waals surface area contributed by atoms with Gasteiger partial charge in [0.15, 0.2) is 11.5 Å². The highest BCUT2D eigenvalue weighted by Gasteiger charge is 2.30. The lowest BCUT2D eigenvalue weighted by atomic mass is 9.93. The molecule has 2 atom stereocenters. The van der Waals surface area contributed by atoms with Gasteiger partial charge in [-0.2, -0.15) is 13.2 Å². The van der Waals surface area contributed by atoms with Gasteiger partial charge in [0.1, 0.15) is 0 Å². The number of aliphatic hydroxyl groups excluding tert-OH is 1. The van der Waals surface area contributed by atoms with E-state index in [0.29, 0.717) is 12.0 Å². The summed E-state index contributed by atoms with van der Waals surface area (Å²) in [5, 5.41) is 16.1. The molecule has 0 radical (unpaired) electrons. The van der Waals surface area contributed by atoms with E-state index in [9.17, 15) is 23.1 Å². The molecule has 3 rings (SSSR count). The fourth-order valence-electron chi connectivity index (χ4n) is 2.90. The third-order valence-corrected chi connectivity index (χ3v) is 4.22. The number of nitrogens with zero attached hydrogens (tertiary/aromatic N) is 1. The van der Waals surface area contributed by atoms with Crippen molar-refractivity contribution in [3.8, 4) is 11.3 Å². The summed E-state index contributed by atoms with van der Waals surface area (Å²) in [5.74, 6) is -0.219. The average molecular weight is 354 g/mol. The van der Waals surface area contributed by atoms with Crippen molar-refractivity contribution in [3.05, 3.63) is 41.6 Å². The maximum atomic E-state index is 12.6. The minimum Gasteiger partial charge on any atom is -0.393 e. The van der Waals surface area contributed by atoms with Crippen LogP contribution in [-0.2, 0) is 6.18 Å². The van der Waals surface area contributed by atoms with Crippen LogP contribution in [0.2, 0.25) is 0 Å². The van der Waals surface area contributed by atoms with E-state index in [-0.39, 0.29) is 17.5 Å². The highest BCUT2D eigenvalue weighted by atomic mass is 19.4. The zero-order valence-electron chi connectivity index (χ0n) is 13.2. The molecule has 0 spiro atoms. The summed E-state index contributed by atoms with van der Waals surface area (Å²) >= 11 is 0. The van der Waals surface area contributed by atoms with Crippen LogP contribution in [0.5, 0.6) is 0 Å². The molecule has 5 nitrogen and oxygen atoms in total. The van der Waals surface area contributed by atoms with Crippen molar-refractivity contribution in [2.75, 3.05) is 0 Å². The number of hydrogen-bond donors (Lipinski definition) is 2. The largest absolute Gasteiger partial charge is 0.416 e. The molecule has 2 unspecified atom stereocenters. The molecule has 1 aromatic heterocycles. The van der Waals surface area contributed by atoms with Gasteiger partial charge < -0.3 is 14.9 Å². The highest BCUT2D eigenvalue weighted by molar-refractivity contribution is 5.93. The first-order valence-corrected chi connectivity index (χ1v) is 7.96. The Bertz CT molecular complexity index is 740. The van der Waals surface area contributed by atoms with E-state index in [1.54, 1.807) is 0 Å². The van der Waals surface area contributed by atoms with E-state index >= 15 is 0 Å². The number of benzene rings is 1. The van der Waals surface area contributed by atoms with Crippen molar-refractivity contribution >= 4 is 5.91 Å². The molecule has 2 aromatic rings. The quantitative estimate of drug-likeness (QED) is 0.886. The Morgan fingerprint density at radius 3 is 2.60 bits per heavy atom. The van der Waals surface area contributed by atoms with E-state index in [4.69, 9.17) is 4.52 Å². The zero-order chi connectivity index (χ0) is 18.0. The topological polar surface area (TPSA) is 75.4 Å². The van der Waals surface area contributed by atoms with Gasteiger partial charge in [-0.05, 0) is 37.8 Å². The molecular formula is C17H17F3N2O3. The summed E-state index contributed by atoms with van der Waals surface area (Å²) in [6.07, 6.45) is -1.98. The van der Waals surface area contributed by atoms with Gasteiger partial charge in [-0.3, -0.25) is 4.79 Å². The van der Waals surface area contributed by atoms with Crippen molar-refractivity contribution < 1.29 is 27.6 Å². The van der Waals surface area contributed by atoms with Crippen molar-refractivity contribution in [1.82, 2.24) is 10.5 Å². The van der Waals surface area contributed by atoms with Gasteiger partial charge >= 0.3 is 6.18 Å². The van der Waals surface area contributed by atoms with Crippen LogP contribution in [0.3, 0.4) is 0 Å². The van der Waals surface area contributed by atoms with Gasteiger partial charge in [-0.1, -0.05) is 17.3 Å². The van der Waals surface area contributed by atoms with Crippen LogP contribution in [0.4, 0.5) is 13.2 Å². The Morgan fingerprint density at radius 1 is 1.24 bits per heavy atom. The predicted molar refractivity (Wildman–Crippen MR) is 82.7 cm³/mol. The average Bonchev–Trinajstić information content (AvgIpc) is 3.04. The minimum absolute atomic E-state index is 0.0509. The summed E-state index contributed by atoms with van der Waals surface area (Å²) in [6, 6.07) is 5.69. The molecule has 0 bridgehead atoms. The monoisotopic (exact) mass is 354 g/mol. The van der Waals surface area contributed by atoms with Crippen LogP contribution in [0.25, 0.3) is 11.3 Å². The number of carbonyl (C=O) groups excluding carboxylic acids is 1. The van der Waals surface area contributed by atoms with Gasteiger partial charge in [0.05, 0.1) is 11.7 Å². The number of aliphatic hydroxyl groups is 1. The highest BCUT2D eigenvalue weighted by Crippen LogP contribution is 2.31. The lowest BCUT2D eigenvalue weighted by Crippen LogP contribution is -2.39. The number of carbonyl (C=O) groups is 1. The fraction of sp³-hybridized carbons (Fsp3) is 0.412. The molecule has 1 aromatic carbocycles. The van der Waals surface area contributed by atoms with Gasteiger partial charge in [0.2, 0.25) is 0 Å². The third-order valence-electron chi connectivity index (χ3n) is 4.22. The van der Waals surface area contributed by atoms with Crippen LogP contribution in [-0.4, -0.2) is 28.3 Å². The van der Waals surface area contributed by atoms with Gasteiger partial charge in [-0.15, -0.1) is 0 Å². The van der Waals surface area contributed by atoms with Crippen molar-refractivity contribution in [2.24, 2.45) is 0 Å². The Hall–Kier alpha value is -2.35. The molecule has 134 valence electrons. The number of halogens is 3. The Balaban J connectivity index is 1.68. The van der Waals surface area contributed by atoms with E-state index in [0.717, 1.165) is 31.4 Å². The molecule has 1 heterocycles. The number of aromatic nitrogens is 1. The predicted octanol–water partition coefficient (Wildman–Crippen LogP) is 3.39. The van der Waals surface area contributed by atoms with Crippen molar-refractivity contribution in [1.29, 1.82) is 0 Å². The molecule has 2 N–H and O–H groups in total. The maximum absolute atomic E-state index is 12.6. The number of rotatable bonds is 3. The standard InChI is InChI=1S/C17H17F3N2O3/c18-17(19,20)11-6-4-10(5-7-11)15-9-14(22-25-15)16(24)21-12-2-1-3-13(23)8-12/h4-7,9,12-13,23H,1-3,8H2,(H,21,24). The number of nitrogens with one attached hydrogen (secondary N) is 1. The fourth-order valence-corrected chi connectivity index (χ4v) is 2.90. The lowest BCUT2D eigenvalue weighted by molar-refractivity contribution is -0.137. The van der Waals surface area contributed by atoms with Crippen LogP contribution in [0.15, 0.2) is 34.9 Å². The lowest BCUT2D eigenvalue weighted by Gasteiger charge is -2.26. The molecular weight excluding hydrogens is 337 g/mol. The van der Waals surface area contributed by atoms with E-state index in [2.05, 4.69) is 10.5 Å². The molecule has 1 aliphatic carbocycles. The van der Waals surface area contributed by atoms with E-state index in [1.807, 2.05) is 0 Å². The Kier molecular flexibility index (Phi) is 4.80. The summed E-state index contributed by atoms with van der Waals surface area (Å²) in [5.41, 5.74) is -0.313. The van der Waals surface area contributed by atoms with Crippen LogP contribution in [0, 0.1) is 0 Å². The summed E-state index contributed by atoms with van der Waals surface area (Å²) < 4.78 is 42.8. The Labute approximate surface area is 141 Å². The van der Waals surface area contributed by atoms with Crippen LogP contribution < -0.4 is 5.32 Å². The SMILES string of the molecule is O=C(NC1CCCC(O)C1)c1cc(-c2ccc(C(F)(F)F)cc2)on1. The molecule has 1 amide bonds. The summed E-state index contributed by atoms with van der Waals surface area (Å²) in [4.78, 5) is 12.2. The third kappa shape index (κ3) is 4.19. The molecule has 0 aliphatic heterocycles. The molecule has 1 saturated carbocycles. The molecule has 0 saturated heterocycles. The molecule has 1 aliphatic rings. The first-order valence-electron chi connectivity index (χ1n) is 7.96. The zero-order valence-corrected chi connectivity index (χ0v) is 13.2. The number of alkyl halides is 3. The number of hydrogen-bond acceptors (Lipinski definition) is 4. The second-order valence-corrected chi connectivity index (χ2v) is 6.14. The van der Waals surface area contributed by atoms with Crippen molar-refractivity contribution in [3.63, 3.8) is 0 Å². The van der Waals surface area contributed by atoms with Crippen molar-refractivity contribution in [2.45, 2.75) is 44.0 Å².